The highest BCUT2D eigenvalue weighted by molar-refractivity contribution is 7.99. The number of carbonyl (C=O) groups excluding carboxylic acids is 1. The van der Waals surface area contributed by atoms with Gasteiger partial charge in [-0.1, -0.05) is 13.0 Å². The van der Waals surface area contributed by atoms with Gasteiger partial charge in [0.05, 0.1) is 6.04 Å². The van der Waals surface area contributed by atoms with Gasteiger partial charge in [-0.2, -0.15) is 11.8 Å². The molecule has 4 heteroatoms. The Morgan fingerprint density at radius 3 is 3.00 bits per heavy atom. The molecule has 3 N–H and O–H groups in total. The lowest BCUT2D eigenvalue weighted by Gasteiger charge is -2.09. The Bertz CT molecular complexity index is 162. The van der Waals surface area contributed by atoms with Crippen molar-refractivity contribution in [2.24, 2.45) is 5.73 Å². The minimum atomic E-state index is -0.357. The molecule has 76 valence electrons. The van der Waals surface area contributed by atoms with Crippen LogP contribution in [0.3, 0.4) is 0 Å². The number of rotatable bonds is 7. The normalized spacial score (nSPS) is 12.2. The van der Waals surface area contributed by atoms with Crippen molar-refractivity contribution in [3.05, 3.63) is 12.7 Å². The Kier molecular flexibility index (Phi) is 7.83. The van der Waals surface area contributed by atoms with Crippen LogP contribution in [-0.4, -0.2) is 30.0 Å². The average molecular weight is 202 g/mol. The van der Waals surface area contributed by atoms with E-state index in [1.54, 1.807) is 11.8 Å². The van der Waals surface area contributed by atoms with Gasteiger partial charge in [0.1, 0.15) is 0 Å². The van der Waals surface area contributed by atoms with Gasteiger partial charge in [-0.05, 0) is 6.42 Å². The van der Waals surface area contributed by atoms with Crippen molar-refractivity contribution in [3.8, 4) is 0 Å². The lowest BCUT2D eigenvalue weighted by Crippen LogP contribution is -2.40. The standard InChI is InChI=1S/C9H18N2OS/c1-3-6-13-7-5-11-9(12)8(10)4-2/h3,8H,1,4-7,10H2,2H3,(H,11,12)/t8-/m0/s1. The van der Waals surface area contributed by atoms with E-state index in [0.717, 1.165) is 11.5 Å². The van der Waals surface area contributed by atoms with Crippen molar-refractivity contribution in [1.29, 1.82) is 0 Å². The summed E-state index contributed by atoms with van der Waals surface area (Å²) in [5.41, 5.74) is 5.52. The molecule has 0 fully saturated rings. The molecule has 0 rings (SSSR count). The van der Waals surface area contributed by atoms with Crippen molar-refractivity contribution in [2.45, 2.75) is 19.4 Å². The first-order chi connectivity index (χ1) is 6.22. The number of amides is 1. The third kappa shape index (κ3) is 6.66. The molecule has 0 spiro atoms. The Labute approximate surface area is 84.1 Å². The molecule has 1 atom stereocenters. The molecule has 13 heavy (non-hydrogen) atoms. The topological polar surface area (TPSA) is 55.1 Å². The molecular formula is C9H18N2OS. The third-order valence-corrected chi connectivity index (χ3v) is 2.52. The average Bonchev–Trinajstić information content (AvgIpc) is 2.16. The second-order valence-corrected chi connectivity index (χ2v) is 3.82. The van der Waals surface area contributed by atoms with Gasteiger partial charge >= 0.3 is 0 Å². The lowest BCUT2D eigenvalue weighted by atomic mass is 10.2. The molecule has 0 radical (unpaired) electrons. The van der Waals surface area contributed by atoms with Gasteiger partial charge in [0.25, 0.3) is 0 Å². The first-order valence-corrected chi connectivity index (χ1v) is 5.59. The second kappa shape index (κ2) is 8.13. The van der Waals surface area contributed by atoms with E-state index in [1.165, 1.54) is 0 Å². The van der Waals surface area contributed by atoms with Crippen LogP contribution in [0, 0.1) is 0 Å². The number of carbonyl (C=O) groups is 1. The summed E-state index contributed by atoms with van der Waals surface area (Å²) >= 11 is 1.74. The Morgan fingerprint density at radius 1 is 1.77 bits per heavy atom. The first-order valence-electron chi connectivity index (χ1n) is 4.44. The Balaban J connectivity index is 3.31. The molecule has 0 aromatic rings. The lowest BCUT2D eigenvalue weighted by molar-refractivity contribution is -0.122. The molecule has 0 unspecified atom stereocenters. The molecule has 3 nitrogen and oxygen atoms in total. The predicted molar refractivity (Wildman–Crippen MR) is 58.8 cm³/mol. The zero-order valence-electron chi connectivity index (χ0n) is 8.08. The molecule has 0 aliphatic carbocycles. The van der Waals surface area contributed by atoms with E-state index < -0.39 is 0 Å². The fraction of sp³-hybridized carbons (Fsp3) is 0.667. The SMILES string of the molecule is C=CCSCCNC(=O)[C@@H](N)CC. The first kappa shape index (κ1) is 12.5. The van der Waals surface area contributed by atoms with E-state index >= 15 is 0 Å². The summed E-state index contributed by atoms with van der Waals surface area (Å²) in [6.07, 6.45) is 2.54. The molecular weight excluding hydrogens is 184 g/mol. The van der Waals surface area contributed by atoms with Crippen LogP contribution < -0.4 is 11.1 Å². The summed E-state index contributed by atoms with van der Waals surface area (Å²) in [5, 5.41) is 2.77. The summed E-state index contributed by atoms with van der Waals surface area (Å²) in [6, 6.07) is -0.357. The van der Waals surface area contributed by atoms with Crippen molar-refractivity contribution >= 4 is 17.7 Å². The van der Waals surface area contributed by atoms with Crippen molar-refractivity contribution < 1.29 is 4.79 Å². The monoisotopic (exact) mass is 202 g/mol. The van der Waals surface area contributed by atoms with Crippen LogP contribution in [-0.2, 0) is 4.79 Å². The van der Waals surface area contributed by atoms with Gasteiger partial charge in [-0.3, -0.25) is 4.79 Å². The van der Waals surface area contributed by atoms with Gasteiger partial charge in [0, 0.05) is 18.1 Å². The number of hydrogen-bond acceptors (Lipinski definition) is 3. The molecule has 0 aliphatic heterocycles. The molecule has 0 saturated carbocycles. The van der Waals surface area contributed by atoms with Crippen molar-refractivity contribution in [3.63, 3.8) is 0 Å². The minimum Gasteiger partial charge on any atom is -0.354 e. The van der Waals surface area contributed by atoms with E-state index in [0.29, 0.717) is 13.0 Å². The summed E-state index contributed by atoms with van der Waals surface area (Å²) in [6.45, 7) is 6.19. The second-order valence-electron chi connectivity index (χ2n) is 2.67. The third-order valence-electron chi connectivity index (χ3n) is 1.56. The van der Waals surface area contributed by atoms with Crippen LogP contribution in [0.4, 0.5) is 0 Å². The maximum absolute atomic E-state index is 11.1. The van der Waals surface area contributed by atoms with E-state index in [9.17, 15) is 4.79 Å². The largest absolute Gasteiger partial charge is 0.354 e. The molecule has 0 aliphatic rings. The van der Waals surface area contributed by atoms with Crippen LogP contribution in [0.5, 0.6) is 0 Å². The number of thioether (sulfide) groups is 1. The van der Waals surface area contributed by atoms with Gasteiger partial charge in [-0.15, -0.1) is 6.58 Å². The van der Waals surface area contributed by atoms with Gasteiger partial charge in [0.15, 0.2) is 0 Å². The number of nitrogens with two attached hydrogens (primary N) is 1. The maximum Gasteiger partial charge on any atom is 0.236 e. The highest BCUT2D eigenvalue weighted by Crippen LogP contribution is 1.97. The van der Waals surface area contributed by atoms with Gasteiger partial charge < -0.3 is 11.1 Å². The fourth-order valence-electron chi connectivity index (χ4n) is 0.730. The van der Waals surface area contributed by atoms with E-state index in [-0.39, 0.29) is 11.9 Å². The quantitative estimate of drug-likeness (QED) is 0.473. The summed E-state index contributed by atoms with van der Waals surface area (Å²) < 4.78 is 0. The van der Waals surface area contributed by atoms with E-state index in [4.69, 9.17) is 5.73 Å². The van der Waals surface area contributed by atoms with Gasteiger partial charge in [-0.25, -0.2) is 0 Å². The van der Waals surface area contributed by atoms with Crippen molar-refractivity contribution in [2.75, 3.05) is 18.1 Å². The fourth-order valence-corrected chi connectivity index (χ4v) is 1.31. The van der Waals surface area contributed by atoms with Crippen LogP contribution >= 0.6 is 11.8 Å². The maximum atomic E-state index is 11.1. The van der Waals surface area contributed by atoms with E-state index in [1.807, 2.05) is 13.0 Å². The highest BCUT2D eigenvalue weighted by atomic mass is 32.2. The van der Waals surface area contributed by atoms with Crippen LogP contribution in [0.2, 0.25) is 0 Å². The van der Waals surface area contributed by atoms with E-state index in [2.05, 4.69) is 11.9 Å². The zero-order chi connectivity index (χ0) is 10.1. The highest BCUT2D eigenvalue weighted by Gasteiger charge is 2.08. The zero-order valence-corrected chi connectivity index (χ0v) is 8.90. The molecule has 0 bridgehead atoms. The molecule has 0 saturated heterocycles. The molecule has 0 heterocycles. The smallest absolute Gasteiger partial charge is 0.236 e. The predicted octanol–water partition coefficient (Wildman–Crippen LogP) is 0.759. The molecule has 0 aromatic carbocycles. The minimum absolute atomic E-state index is 0.0540. The number of nitrogens with one attached hydrogen (secondary N) is 1. The summed E-state index contributed by atoms with van der Waals surface area (Å²) in [7, 11) is 0. The number of hydrogen-bond donors (Lipinski definition) is 2. The molecule has 0 aromatic heterocycles. The van der Waals surface area contributed by atoms with Gasteiger partial charge in [0.2, 0.25) is 5.91 Å². The summed E-state index contributed by atoms with van der Waals surface area (Å²) in [5.74, 6) is 1.78. The van der Waals surface area contributed by atoms with Crippen LogP contribution in [0.15, 0.2) is 12.7 Å². The van der Waals surface area contributed by atoms with Crippen LogP contribution in [0.1, 0.15) is 13.3 Å². The Morgan fingerprint density at radius 2 is 2.46 bits per heavy atom. The van der Waals surface area contributed by atoms with Crippen LogP contribution in [0.25, 0.3) is 0 Å². The Hall–Kier alpha value is -0.480. The van der Waals surface area contributed by atoms with Crippen molar-refractivity contribution in [1.82, 2.24) is 5.32 Å². The molecule has 1 amide bonds. The summed E-state index contributed by atoms with van der Waals surface area (Å²) in [4.78, 5) is 11.1.